The molecule has 0 saturated carbocycles. The first-order valence-electron chi connectivity index (χ1n) is 4.53. The molecule has 0 atom stereocenters. The summed E-state index contributed by atoms with van der Waals surface area (Å²) in [6.45, 7) is 0. The zero-order valence-electron chi connectivity index (χ0n) is 8.11. The summed E-state index contributed by atoms with van der Waals surface area (Å²) in [5, 5.41) is 9.28. The maximum atomic E-state index is 9.04. The van der Waals surface area contributed by atoms with Crippen LogP contribution in [0.4, 0.5) is 0 Å². The molecule has 0 radical (unpaired) electrons. The van der Waals surface area contributed by atoms with Gasteiger partial charge < -0.3 is 0 Å². The zero-order chi connectivity index (χ0) is 11.5. The molecule has 4 heteroatoms. The van der Waals surface area contributed by atoms with Gasteiger partial charge in [-0.05, 0) is 23.8 Å². The smallest absolute Gasteiger partial charge is 0.147 e. The first-order chi connectivity index (χ1) is 7.72. The highest BCUT2D eigenvalue weighted by Gasteiger charge is 2.09. The van der Waals surface area contributed by atoms with Crippen molar-refractivity contribution in [2.45, 2.75) is 0 Å². The van der Waals surface area contributed by atoms with Crippen molar-refractivity contribution in [1.82, 2.24) is 4.98 Å². The van der Waals surface area contributed by atoms with Crippen molar-refractivity contribution in [2.75, 3.05) is 0 Å². The fourth-order valence-electron chi connectivity index (χ4n) is 1.44. The van der Waals surface area contributed by atoms with E-state index in [1.165, 1.54) is 0 Å². The van der Waals surface area contributed by atoms with E-state index in [1.54, 1.807) is 12.3 Å². The normalized spacial score (nSPS) is 9.81. The van der Waals surface area contributed by atoms with Gasteiger partial charge in [0.05, 0.1) is 5.56 Å². The van der Waals surface area contributed by atoms with Crippen LogP contribution in [0.15, 0.2) is 41.0 Å². The van der Waals surface area contributed by atoms with Gasteiger partial charge in [-0.1, -0.05) is 39.7 Å². The number of nitriles is 1. The molecule has 0 amide bonds. The molecule has 16 heavy (non-hydrogen) atoms. The Hall–Kier alpha value is -1.37. The molecule has 1 aromatic heterocycles. The van der Waals surface area contributed by atoms with Crippen LogP contribution < -0.4 is 0 Å². The van der Waals surface area contributed by atoms with Crippen LogP contribution in [0.3, 0.4) is 0 Å². The van der Waals surface area contributed by atoms with Crippen molar-refractivity contribution >= 4 is 27.5 Å². The van der Waals surface area contributed by atoms with E-state index in [1.807, 2.05) is 24.3 Å². The summed E-state index contributed by atoms with van der Waals surface area (Å²) < 4.78 is 0.960. The third-order valence-electron chi connectivity index (χ3n) is 2.15. The van der Waals surface area contributed by atoms with Crippen LogP contribution in [0.1, 0.15) is 5.56 Å². The lowest BCUT2D eigenvalue weighted by Gasteiger charge is -2.05. The van der Waals surface area contributed by atoms with Crippen molar-refractivity contribution in [1.29, 1.82) is 5.26 Å². The average molecular weight is 294 g/mol. The summed E-state index contributed by atoms with van der Waals surface area (Å²) in [6.07, 6.45) is 1.60. The second kappa shape index (κ2) is 4.65. The van der Waals surface area contributed by atoms with E-state index >= 15 is 0 Å². The van der Waals surface area contributed by atoms with Gasteiger partial charge in [0.1, 0.15) is 11.2 Å². The van der Waals surface area contributed by atoms with Gasteiger partial charge in [0.25, 0.3) is 0 Å². The highest BCUT2D eigenvalue weighted by Crippen LogP contribution is 2.28. The fourth-order valence-corrected chi connectivity index (χ4v) is 2.04. The Kier molecular flexibility index (Phi) is 3.23. The first-order valence-corrected chi connectivity index (χ1v) is 5.70. The Morgan fingerprint density at radius 1 is 1.31 bits per heavy atom. The zero-order valence-corrected chi connectivity index (χ0v) is 10.5. The minimum Gasteiger partial charge on any atom is -0.243 e. The highest BCUT2D eigenvalue weighted by molar-refractivity contribution is 9.10. The predicted molar refractivity (Wildman–Crippen MR) is 67.1 cm³/mol. The monoisotopic (exact) mass is 292 g/mol. The second-order valence-electron chi connectivity index (χ2n) is 3.15. The summed E-state index contributed by atoms with van der Waals surface area (Å²) >= 11 is 9.27. The van der Waals surface area contributed by atoms with Crippen LogP contribution in [0.5, 0.6) is 0 Å². The third kappa shape index (κ3) is 2.08. The van der Waals surface area contributed by atoms with Crippen molar-refractivity contribution in [2.24, 2.45) is 0 Å². The largest absolute Gasteiger partial charge is 0.243 e. The van der Waals surface area contributed by atoms with E-state index in [0.29, 0.717) is 5.56 Å². The van der Waals surface area contributed by atoms with Crippen LogP contribution in [0.25, 0.3) is 11.1 Å². The first kappa shape index (κ1) is 11.1. The van der Waals surface area contributed by atoms with E-state index in [2.05, 4.69) is 27.0 Å². The van der Waals surface area contributed by atoms with Crippen LogP contribution in [0, 0.1) is 11.3 Å². The molecule has 0 aliphatic rings. The van der Waals surface area contributed by atoms with Crippen molar-refractivity contribution in [3.8, 4) is 17.2 Å². The third-order valence-corrected chi connectivity index (χ3v) is 2.93. The van der Waals surface area contributed by atoms with Crippen molar-refractivity contribution in [3.05, 3.63) is 51.7 Å². The van der Waals surface area contributed by atoms with Crippen LogP contribution >= 0.6 is 27.5 Å². The van der Waals surface area contributed by atoms with Gasteiger partial charge in [0.2, 0.25) is 0 Å². The number of hydrogen-bond donors (Lipinski definition) is 0. The summed E-state index contributed by atoms with van der Waals surface area (Å²) in [5.41, 5.74) is 2.14. The van der Waals surface area contributed by atoms with Gasteiger partial charge in [0, 0.05) is 16.2 Å². The molecule has 0 saturated heterocycles. The topological polar surface area (TPSA) is 36.7 Å². The summed E-state index contributed by atoms with van der Waals surface area (Å²) in [4.78, 5) is 3.89. The lowest BCUT2D eigenvalue weighted by Crippen LogP contribution is -1.88. The number of rotatable bonds is 1. The fraction of sp³-hybridized carbons (Fsp3) is 0. The number of aromatic nitrogens is 1. The Balaban J connectivity index is 2.66. The van der Waals surface area contributed by atoms with Gasteiger partial charge in [-0.25, -0.2) is 4.98 Å². The standard InChI is InChI=1S/C12H6BrClN2/c13-9-3-1-2-8(6-9)10-4-5-16-12(14)11(10)7-15/h1-6H. The number of nitrogens with zero attached hydrogens (tertiary/aromatic N) is 2. The molecule has 2 rings (SSSR count). The van der Waals surface area contributed by atoms with E-state index in [4.69, 9.17) is 16.9 Å². The molecule has 0 unspecified atom stereocenters. The summed E-state index contributed by atoms with van der Waals surface area (Å²) in [5.74, 6) is 0. The summed E-state index contributed by atoms with van der Waals surface area (Å²) in [6, 6.07) is 11.6. The molecule has 0 N–H and O–H groups in total. The lowest BCUT2D eigenvalue weighted by molar-refractivity contribution is 1.30. The maximum absolute atomic E-state index is 9.04. The molecule has 0 bridgehead atoms. The van der Waals surface area contributed by atoms with E-state index in [-0.39, 0.29) is 5.15 Å². The van der Waals surface area contributed by atoms with Crippen LogP contribution in [-0.4, -0.2) is 4.98 Å². The molecule has 2 aromatic rings. The molecule has 2 nitrogen and oxygen atoms in total. The number of halogens is 2. The Morgan fingerprint density at radius 3 is 2.81 bits per heavy atom. The number of hydrogen-bond acceptors (Lipinski definition) is 2. The molecule has 1 heterocycles. The van der Waals surface area contributed by atoms with Gasteiger partial charge in [-0.2, -0.15) is 5.26 Å². The molecular weight excluding hydrogens is 288 g/mol. The van der Waals surface area contributed by atoms with E-state index < -0.39 is 0 Å². The molecular formula is C12H6BrClN2. The quantitative estimate of drug-likeness (QED) is 0.744. The van der Waals surface area contributed by atoms with Crippen molar-refractivity contribution < 1.29 is 0 Å². The SMILES string of the molecule is N#Cc1c(-c2cccc(Br)c2)ccnc1Cl. The second-order valence-corrected chi connectivity index (χ2v) is 4.42. The highest BCUT2D eigenvalue weighted by atomic mass is 79.9. The van der Waals surface area contributed by atoms with Gasteiger partial charge >= 0.3 is 0 Å². The molecule has 1 aromatic carbocycles. The van der Waals surface area contributed by atoms with Crippen LogP contribution in [-0.2, 0) is 0 Å². The van der Waals surface area contributed by atoms with Crippen molar-refractivity contribution in [3.63, 3.8) is 0 Å². The maximum Gasteiger partial charge on any atom is 0.147 e. The average Bonchev–Trinajstić information content (AvgIpc) is 2.28. The predicted octanol–water partition coefficient (Wildman–Crippen LogP) is 4.04. The Morgan fingerprint density at radius 2 is 2.12 bits per heavy atom. The Bertz CT molecular complexity index is 575. The van der Waals surface area contributed by atoms with E-state index in [9.17, 15) is 0 Å². The van der Waals surface area contributed by atoms with E-state index in [0.717, 1.165) is 15.6 Å². The minimum absolute atomic E-state index is 0.236. The van der Waals surface area contributed by atoms with Gasteiger partial charge in [-0.3, -0.25) is 0 Å². The molecule has 0 spiro atoms. The van der Waals surface area contributed by atoms with Crippen LogP contribution in [0.2, 0.25) is 5.15 Å². The van der Waals surface area contributed by atoms with Gasteiger partial charge in [-0.15, -0.1) is 0 Å². The number of pyridine rings is 1. The van der Waals surface area contributed by atoms with Gasteiger partial charge in [0.15, 0.2) is 0 Å². The summed E-state index contributed by atoms with van der Waals surface area (Å²) in [7, 11) is 0. The molecule has 0 fully saturated rings. The molecule has 0 aliphatic carbocycles. The minimum atomic E-state index is 0.236. The Labute approximate surface area is 107 Å². The number of benzene rings is 1. The molecule has 78 valence electrons. The molecule has 0 aliphatic heterocycles. The lowest BCUT2D eigenvalue weighted by atomic mass is 10.0.